The molecular formula is C28H39N5O4. The van der Waals surface area contributed by atoms with Crippen LogP contribution in [0.3, 0.4) is 0 Å². The van der Waals surface area contributed by atoms with Crippen LogP contribution in [0, 0.1) is 0 Å². The number of ether oxygens (including phenoxy) is 1. The Balaban J connectivity index is 1.29. The molecule has 2 amide bonds. The fourth-order valence-corrected chi connectivity index (χ4v) is 5.03. The molecule has 9 nitrogen and oxygen atoms in total. The van der Waals surface area contributed by atoms with Crippen molar-refractivity contribution in [3.8, 4) is 11.3 Å². The van der Waals surface area contributed by atoms with Crippen LogP contribution >= 0.6 is 0 Å². The van der Waals surface area contributed by atoms with E-state index in [1.54, 1.807) is 22.2 Å². The first-order chi connectivity index (χ1) is 17.6. The molecule has 2 saturated heterocycles. The highest BCUT2D eigenvalue weighted by Crippen LogP contribution is 2.23. The standard InChI is InChI=1S/C28H39N5O4/c1-28(2,3)37-27(36)32-14-11-23(12-15-32)31(4)18-22-16-30-25(17-29-22)20-7-9-21(10-8-20)26(35)33-13-5-6-24(33)19-34/h7-10,16-17,23-24,34H,5-6,11-15,18-19H2,1-4H3/t24-/m1/s1. The zero-order valence-corrected chi connectivity index (χ0v) is 22.4. The molecule has 1 atom stereocenters. The van der Waals surface area contributed by atoms with Gasteiger partial charge in [0.05, 0.1) is 36.4 Å². The molecule has 4 rings (SSSR count). The number of carbonyl (C=O) groups is 2. The van der Waals surface area contributed by atoms with Crippen molar-refractivity contribution in [2.75, 3.05) is 33.3 Å². The Morgan fingerprint density at radius 3 is 2.35 bits per heavy atom. The number of benzene rings is 1. The van der Waals surface area contributed by atoms with Gasteiger partial charge in [0.25, 0.3) is 5.91 Å². The van der Waals surface area contributed by atoms with Crippen LogP contribution in [0.25, 0.3) is 11.3 Å². The molecule has 1 aromatic carbocycles. The topological polar surface area (TPSA) is 99.1 Å². The van der Waals surface area contributed by atoms with Crippen LogP contribution in [0.5, 0.6) is 0 Å². The van der Waals surface area contributed by atoms with Crippen molar-refractivity contribution in [3.05, 3.63) is 47.9 Å². The van der Waals surface area contributed by atoms with Gasteiger partial charge in [0.1, 0.15) is 5.60 Å². The van der Waals surface area contributed by atoms with E-state index >= 15 is 0 Å². The summed E-state index contributed by atoms with van der Waals surface area (Å²) < 4.78 is 5.49. The van der Waals surface area contributed by atoms with Crippen molar-refractivity contribution < 1.29 is 19.4 Å². The van der Waals surface area contributed by atoms with Gasteiger partial charge in [-0.1, -0.05) is 12.1 Å². The minimum absolute atomic E-state index is 0.00617. The second-order valence-corrected chi connectivity index (χ2v) is 11.1. The third kappa shape index (κ3) is 6.84. The lowest BCUT2D eigenvalue weighted by atomic mass is 10.0. The second-order valence-electron chi connectivity index (χ2n) is 11.1. The molecular weight excluding hydrogens is 470 g/mol. The summed E-state index contributed by atoms with van der Waals surface area (Å²) >= 11 is 0. The number of rotatable bonds is 6. The van der Waals surface area contributed by atoms with Crippen molar-refractivity contribution in [3.63, 3.8) is 0 Å². The van der Waals surface area contributed by atoms with E-state index in [2.05, 4.69) is 21.9 Å². The van der Waals surface area contributed by atoms with Crippen LogP contribution < -0.4 is 0 Å². The second kappa shape index (κ2) is 11.6. The first-order valence-electron chi connectivity index (χ1n) is 13.2. The Labute approximate surface area is 219 Å². The molecule has 0 unspecified atom stereocenters. The summed E-state index contributed by atoms with van der Waals surface area (Å²) in [6.45, 7) is 8.41. The molecule has 2 aliphatic heterocycles. The third-order valence-electron chi connectivity index (χ3n) is 7.13. The van der Waals surface area contributed by atoms with E-state index in [1.807, 2.05) is 45.0 Å². The van der Waals surface area contributed by atoms with Crippen LogP contribution in [0.2, 0.25) is 0 Å². The van der Waals surface area contributed by atoms with Gasteiger partial charge in [-0.2, -0.15) is 0 Å². The highest BCUT2D eigenvalue weighted by Gasteiger charge is 2.30. The summed E-state index contributed by atoms with van der Waals surface area (Å²) in [4.78, 5) is 40.2. The lowest BCUT2D eigenvalue weighted by molar-refractivity contribution is 0.0152. The Morgan fingerprint density at radius 1 is 1.05 bits per heavy atom. The van der Waals surface area contributed by atoms with Gasteiger partial charge in [-0.25, -0.2) is 4.79 Å². The first-order valence-corrected chi connectivity index (χ1v) is 13.2. The Morgan fingerprint density at radius 2 is 1.76 bits per heavy atom. The normalized spacial score (nSPS) is 18.9. The van der Waals surface area contributed by atoms with E-state index in [-0.39, 0.29) is 24.6 Å². The van der Waals surface area contributed by atoms with E-state index in [9.17, 15) is 14.7 Å². The number of nitrogens with zero attached hydrogens (tertiary/aromatic N) is 5. The molecule has 2 aromatic rings. The number of aliphatic hydroxyl groups is 1. The molecule has 200 valence electrons. The molecule has 2 aliphatic rings. The Hall–Kier alpha value is -3.04. The average Bonchev–Trinajstić information content (AvgIpc) is 3.37. The fraction of sp³-hybridized carbons (Fsp3) is 0.571. The van der Waals surface area contributed by atoms with Crippen molar-refractivity contribution in [1.29, 1.82) is 0 Å². The van der Waals surface area contributed by atoms with Gasteiger partial charge in [-0.15, -0.1) is 0 Å². The number of likely N-dealkylation sites (tertiary alicyclic amines) is 2. The number of aliphatic hydroxyl groups excluding tert-OH is 1. The van der Waals surface area contributed by atoms with Crippen molar-refractivity contribution in [1.82, 2.24) is 24.7 Å². The molecule has 9 heteroatoms. The van der Waals surface area contributed by atoms with Crippen molar-refractivity contribution >= 4 is 12.0 Å². The summed E-state index contributed by atoms with van der Waals surface area (Å²) in [7, 11) is 2.08. The largest absolute Gasteiger partial charge is 0.444 e. The van der Waals surface area contributed by atoms with E-state index < -0.39 is 5.60 Å². The predicted octanol–water partition coefficient (Wildman–Crippen LogP) is 3.57. The summed E-state index contributed by atoms with van der Waals surface area (Å²) in [6, 6.07) is 7.71. The van der Waals surface area contributed by atoms with Crippen molar-refractivity contribution in [2.24, 2.45) is 0 Å². The predicted molar refractivity (Wildman–Crippen MR) is 141 cm³/mol. The van der Waals surface area contributed by atoms with Crippen LogP contribution in [-0.4, -0.2) is 92.7 Å². The van der Waals surface area contributed by atoms with Gasteiger partial charge in [0, 0.05) is 43.3 Å². The van der Waals surface area contributed by atoms with E-state index in [0.717, 1.165) is 42.6 Å². The maximum Gasteiger partial charge on any atom is 0.410 e. The minimum atomic E-state index is -0.480. The summed E-state index contributed by atoms with van der Waals surface area (Å²) in [6.07, 6.45) is 6.90. The highest BCUT2D eigenvalue weighted by molar-refractivity contribution is 5.95. The fourth-order valence-electron chi connectivity index (χ4n) is 5.03. The summed E-state index contributed by atoms with van der Waals surface area (Å²) in [5.41, 5.74) is 2.68. The Kier molecular flexibility index (Phi) is 8.44. The average molecular weight is 510 g/mol. The highest BCUT2D eigenvalue weighted by atomic mass is 16.6. The molecule has 0 bridgehead atoms. The number of piperidine rings is 1. The lowest BCUT2D eigenvalue weighted by Crippen LogP contribution is -2.46. The number of aromatic nitrogens is 2. The number of amides is 2. The van der Waals surface area contributed by atoms with Crippen LogP contribution in [0.4, 0.5) is 4.79 Å². The maximum atomic E-state index is 12.8. The van der Waals surface area contributed by atoms with Crippen LogP contribution in [0.1, 0.15) is 62.5 Å². The molecule has 1 N–H and O–H groups in total. The monoisotopic (exact) mass is 509 g/mol. The molecule has 1 aromatic heterocycles. The van der Waals surface area contributed by atoms with E-state index in [1.165, 1.54) is 0 Å². The molecule has 0 aliphatic carbocycles. The lowest BCUT2D eigenvalue weighted by Gasteiger charge is -2.37. The maximum absolute atomic E-state index is 12.8. The smallest absolute Gasteiger partial charge is 0.410 e. The van der Waals surface area contributed by atoms with Gasteiger partial charge in [-0.05, 0) is 65.6 Å². The summed E-state index contributed by atoms with van der Waals surface area (Å²) in [5.74, 6) is -0.0375. The van der Waals surface area contributed by atoms with Crippen molar-refractivity contribution in [2.45, 2.75) is 70.7 Å². The van der Waals surface area contributed by atoms with Gasteiger partial charge >= 0.3 is 6.09 Å². The molecule has 2 fully saturated rings. The quantitative estimate of drug-likeness (QED) is 0.636. The molecule has 0 spiro atoms. The molecule has 37 heavy (non-hydrogen) atoms. The van der Waals surface area contributed by atoms with Crippen LogP contribution in [0.15, 0.2) is 36.7 Å². The SMILES string of the molecule is CN(Cc1cnc(-c2ccc(C(=O)N3CCC[C@@H]3CO)cc2)cn1)C1CCN(C(=O)OC(C)(C)C)CC1. The number of hydrogen-bond acceptors (Lipinski definition) is 7. The van der Waals surface area contributed by atoms with Crippen LogP contribution in [-0.2, 0) is 11.3 Å². The Bertz CT molecular complexity index is 1060. The third-order valence-corrected chi connectivity index (χ3v) is 7.13. The summed E-state index contributed by atoms with van der Waals surface area (Å²) in [5, 5.41) is 9.51. The van der Waals surface area contributed by atoms with Gasteiger partial charge in [0.2, 0.25) is 0 Å². The number of hydrogen-bond donors (Lipinski definition) is 1. The zero-order valence-electron chi connectivity index (χ0n) is 22.4. The molecule has 0 radical (unpaired) electrons. The van der Waals surface area contributed by atoms with E-state index in [4.69, 9.17) is 4.74 Å². The van der Waals surface area contributed by atoms with E-state index in [0.29, 0.717) is 37.8 Å². The molecule has 0 saturated carbocycles. The van der Waals surface area contributed by atoms with Gasteiger partial charge in [0.15, 0.2) is 0 Å². The molecule has 3 heterocycles. The zero-order chi connectivity index (χ0) is 26.6. The van der Waals surface area contributed by atoms with Gasteiger partial charge in [-0.3, -0.25) is 19.7 Å². The number of carbonyl (C=O) groups excluding carboxylic acids is 2. The van der Waals surface area contributed by atoms with Gasteiger partial charge < -0.3 is 19.6 Å². The first kappa shape index (κ1) is 27.0. The minimum Gasteiger partial charge on any atom is -0.444 e.